The average Bonchev–Trinajstić information content (AvgIpc) is 3.46. The van der Waals surface area contributed by atoms with Crippen LogP contribution in [0.4, 0.5) is 5.69 Å². The molecule has 0 bridgehead atoms. The summed E-state index contributed by atoms with van der Waals surface area (Å²) in [6.07, 6.45) is 1.19. The lowest BCUT2D eigenvalue weighted by atomic mass is 10.1. The van der Waals surface area contributed by atoms with Gasteiger partial charge in [0, 0.05) is 24.7 Å². The van der Waals surface area contributed by atoms with E-state index >= 15 is 0 Å². The quantitative estimate of drug-likeness (QED) is 0.290. The zero-order chi connectivity index (χ0) is 24.2. The van der Waals surface area contributed by atoms with Gasteiger partial charge in [0.25, 0.3) is 0 Å². The number of amides is 1. The van der Waals surface area contributed by atoms with E-state index in [1.807, 2.05) is 24.4 Å². The van der Waals surface area contributed by atoms with Crippen molar-refractivity contribution in [2.75, 3.05) is 11.9 Å². The Morgan fingerprint density at radius 2 is 1.91 bits per heavy atom. The summed E-state index contributed by atoms with van der Waals surface area (Å²) in [5, 5.41) is 9.71. The Morgan fingerprint density at radius 1 is 1.15 bits per heavy atom. The molecule has 3 aromatic heterocycles. The van der Waals surface area contributed by atoms with Gasteiger partial charge in [-0.3, -0.25) is 14.3 Å². The monoisotopic (exact) mass is 476 g/mol. The minimum Gasteiger partial charge on any atom is -0.454 e. The molecule has 0 aliphatic rings. The fraction of sp³-hybridized carbons (Fsp3) is 0.240. The van der Waals surface area contributed by atoms with Crippen molar-refractivity contribution in [2.24, 2.45) is 7.05 Å². The van der Waals surface area contributed by atoms with Crippen LogP contribution in [-0.2, 0) is 16.6 Å². The van der Waals surface area contributed by atoms with Crippen LogP contribution in [0.15, 0.2) is 47.8 Å². The largest absolute Gasteiger partial charge is 0.454 e. The predicted molar refractivity (Wildman–Crippen MR) is 131 cm³/mol. The predicted octanol–water partition coefficient (Wildman–Crippen LogP) is 4.78. The summed E-state index contributed by atoms with van der Waals surface area (Å²) in [6.45, 7) is 3.33. The number of hydrogen-bond donors (Lipinski definition) is 1. The van der Waals surface area contributed by atoms with Gasteiger partial charge in [-0.2, -0.15) is 5.10 Å². The van der Waals surface area contributed by atoms with Gasteiger partial charge < -0.3 is 10.1 Å². The van der Waals surface area contributed by atoms with E-state index in [0.717, 1.165) is 11.3 Å². The second-order valence-corrected chi connectivity index (χ2v) is 8.76. The number of Topliss-reactive ketones (excluding diaryl/α,β-unsaturated/α-hetero) is 1. The van der Waals surface area contributed by atoms with Crippen LogP contribution in [0.25, 0.3) is 21.6 Å². The van der Waals surface area contributed by atoms with E-state index < -0.39 is 12.6 Å². The highest BCUT2D eigenvalue weighted by Gasteiger charge is 2.21. The number of carbonyl (C=O) groups excluding carboxylic acids is 3. The molecule has 0 atom stereocenters. The van der Waals surface area contributed by atoms with E-state index in [1.165, 1.54) is 11.3 Å². The number of ether oxygens (including phenoxy) is 1. The molecule has 4 rings (SSSR count). The Kier molecular flexibility index (Phi) is 6.83. The zero-order valence-corrected chi connectivity index (χ0v) is 19.9. The van der Waals surface area contributed by atoms with E-state index in [9.17, 15) is 14.4 Å². The summed E-state index contributed by atoms with van der Waals surface area (Å²) in [7, 11) is 1.77. The van der Waals surface area contributed by atoms with Gasteiger partial charge in [0.15, 0.2) is 18.0 Å². The number of nitrogens with zero attached hydrogens (tertiary/aromatic N) is 3. The number of pyridine rings is 1. The second kappa shape index (κ2) is 9.96. The highest BCUT2D eigenvalue weighted by Crippen LogP contribution is 2.29. The van der Waals surface area contributed by atoms with Crippen LogP contribution in [0.2, 0.25) is 0 Å². The van der Waals surface area contributed by atoms with Gasteiger partial charge in [0.2, 0.25) is 5.91 Å². The fourth-order valence-corrected chi connectivity index (χ4v) is 4.32. The first-order chi connectivity index (χ1) is 16.4. The number of aromatic nitrogens is 3. The third-order valence-electron chi connectivity index (χ3n) is 5.26. The highest BCUT2D eigenvalue weighted by atomic mass is 32.1. The summed E-state index contributed by atoms with van der Waals surface area (Å²) in [4.78, 5) is 42.9. The summed E-state index contributed by atoms with van der Waals surface area (Å²) in [5.74, 6) is -1.03. The van der Waals surface area contributed by atoms with Gasteiger partial charge in [0.05, 0.1) is 27.2 Å². The number of fused-ring (bicyclic) bond motifs is 1. The Hall–Kier alpha value is -3.85. The minimum absolute atomic E-state index is 0.0771. The number of hydrogen-bond acceptors (Lipinski definition) is 7. The smallest absolute Gasteiger partial charge is 0.339 e. The van der Waals surface area contributed by atoms with Crippen LogP contribution >= 0.6 is 11.3 Å². The van der Waals surface area contributed by atoms with Crippen molar-refractivity contribution in [3.05, 3.63) is 64.7 Å². The molecule has 3 heterocycles. The maximum absolute atomic E-state index is 13.0. The van der Waals surface area contributed by atoms with Crippen molar-refractivity contribution >= 4 is 45.7 Å². The molecule has 1 N–H and O–H groups in total. The van der Waals surface area contributed by atoms with Gasteiger partial charge in [-0.05, 0) is 55.1 Å². The number of nitrogens with one attached hydrogen (secondary N) is 1. The summed E-state index contributed by atoms with van der Waals surface area (Å²) < 4.78 is 7.03. The molecule has 9 heteroatoms. The summed E-state index contributed by atoms with van der Waals surface area (Å²) in [5.41, 5.74) is 3.19. The summed E-state index contributed by atoms with van der Waals surface area (Å²) >= 11 is 1.52. The normalized spacial score (nSPS) is 10.9. The molecule has 174 valence electrons. The molecule has 0 aliphatic carbocycles. The molecule has 0 fully saturated rings. The first kappa shape index (κ1) is 23.3. The van der Waals surface area contributed by atoms with Crippen LogP contribution in [0.3, 0.4) is 0 Å². The standard InChI is InChI=1S/C25H24N4O4S/c1-4-6-22(31)26-17-10-8-16(9-11-17)20(30)14-33-25(32)18-13-19(21-7-5-12-34-21)27-24-23(18)15(2)28-29(24)3/h5,7-13H,4,6,14H2,1-3H3,(H,26,31). The van der Waals surface area contributed by atoms with Crippen LogP contribution in [-0.4, -0.2) is 39.0 Å². The molecule has 0 saturated heterocycles. The Bertz CT molecular complexity index is 1360. The molecular formula is C25H24N4O4S. The van der Waals surface area contributed by atoms with E-state index in [-0.39, 0.29) is 11.7 Å². The number of esters is 1. The molecule has 8 nitrogen and oxygen atoms in total. The third-order valence-corrected chi connectivity index (χ3v) is 6.16. The fourth-order valence-electron chi connectivity index (χ4n) is 3.64. The Balaban J connectivity index is 1.51. The van der Waals surface area contributed by atoms with Gasteiger partial charge in [-0.25, -0.2) is 9.78 Å². The van der Waals surface area contributed by atoms with Crippen molar-refractivity contribution in [3.8, 4) is 10.6 Å². The molecule has 0 unspecified atom stereocenters. The summed E-state index contributed by atoms with van der Waals surface area (Å²) in [6, 6.07) is 12.0. The van der Waals surface area contributed by atoms with Crippen LogP contribution < -0.4 is 5.32 Å². The maximum Gasteiger partial charge on any atom is 0.339 e. The number of aryl methyl sites for hydroxylation is 2. The number of thiophene rings is 1. The van der Waals surface area contributed by atoms with E-state index in [0.29, 0.717) is 45.7 Å². The molecule has 4 aromatic rings. The Labute approximate surface area is 200 Å². The lowest BCUT2D eigenvalue weighted by Crippen LogP contribution is -2.15. The molecule has 0 aliphatic heterocycles. The van der Waals surface area contributed by atoms with Crippen molar-refractivity contribution in [3.63, 3.8) is 0 Å². The van der Waals surface area contributed by atoms with E-state index in [4.69, 9.17) is 4.74 Å². The van der Waals surface area contributed by atoms with Crippen molar-refractivity contribution in [1.82, 2.24) is 14.8 Å². The van der Waals surface area contributed by atoms with Gasteiger partial charge in [-0.15, -0.1) is 11.3 Å². The number of ketones is 1. The second-order valence-electron chi connectivity index (χ2n) is 7.81. The van der Waals surface area contributed by atoms with Gasteiger partial charge >= 0.3 is 5.97 Å². The Morgan fingerprint density at radius 3 is 2.59 bits per heavy atom. The SMILES string of the molecule is CCCC(=O)Nc1ccc(C(=O)COC(=O)c2cc(-c3cccs3)nc3c2c(C)nn3C)cc1. The van der Waals surface area contributed by atoms with E-state index in [1.54, 1.807) is 49.0 Å². The minimum atomic E-state index is -0.613. The number of carbonyl (C=O) groups is 3. The third kappa shape index (κ3) is 4.89. The number of anilines is 1. The molecule has 34 heavy (non-hydrogen) atoms. The van der Waals surface area contributed by atoms with Crippen LogP contribution in [0.5, 0.6) is 0 Å². The maximum atomic E-state index is 13.0. The lowest BCUT2D eigenvalue weighted by Gasteiger charge is -2.09. The van der Waals surface area contributed by atoms with Crippen molar-refractivity contribution in [2.45, 2.75) is 26.7 Å². The highest BCUT2D eigenvalue weighted by molar-refractivity contribution is 7.13. The molecule has 0 saturated carbocycles. The van der Waals surface area contributed by atoms with Crippen LogP contribution in [0.1, 0.15) is 46.2 Å². The van der Waals surface area contributed by atoms with E-state index in [2.05, 4.69) is 15.4 Å². The molecule has 1 amide bonds. The van der Waals surface area contributed by atoms with Gasteiger partial charge in [-0.1, -0.05) is 13.0 Å². The van der Waals surface area contributed by atoms with Gasteiger partial charge in [0.1, 0.15) is 0 Å². The zero-order valence-electron chi connectivity index (χ0n) is 19.1. The number of rotatable bonds is 8. The van der Waals surface area contributed by atoms with Crippen molar-refractivity contribution < 1.29 is 19.1 Å². The van der Waals surface area contributed by atoms with Crippen LogP contribution in [0, 0.1) is 6.92 Å². The lowest BCUT2D eigenvalue weighted by molar-refractivity contribution is -0.116. The molecular weight excluding hydrogens is 452 g/mol. The topological polar surface area (TPSA) is 103 Å². The molecule has 0 radical (unpaired) electrons. The number of benzene rings is 1. The first-order valence-electron chi connectivity index (χ1n) is 10.9. The molecule has 1 aromatic carbocycles. The first-order valence-corrected chi connectivity index (χ1v) is 11.7. The average molecular weight is 477 g/mol. The molecule has 0 spiro atoms. The van der Waals surface area contributed by atoms with Crippen molar-refractivity contribution in [1.29, 1.82) is 0 Å².